The predicted molar refractivity (Wildman–Crippen MR) is 58.4 cm³/mol. The molecule has 0 unspecified atom stereocenters. The minimum atomic E-state index is -0.649. The number of fused-ring (bicyclic) bond motifs is 1. The maximum Gasteiger partial charge on any atom is 0.378 e. The van der Waals surface area contributed by atoms with E-state index in [1.54, 1.807) is 38.1 Å². The molecule has 16 heavy (non-hydrogen) atoms. The van der Waals surface area contributed by atoms with Crippen LogP contribution in [0.15, 0.2) is 28.7 Å². The Labute approximate surface area is 92.4 Å². The van der Waals surface area contributed by atoms with E-state index in [1.165, 1.54) is 0 Å². The molecule has 4 nitrogen and oxygen atoms in total. The van der Waals surface area contributed by atoms with Crippen molar-refractivity contribution < 1.29 is 19.1 Å². The first-order valence-electron chi connectivity index (χ1n) is 5.01. The van der Waals surface area contributed by atoms with Gasteiger partial charge in [0.2, 0.25) is 0 Å². The van der Waals surface area contributed by atoms with Crippen LogP contribution in [-0.2, 0) is 4.74 Å². The summed E-state index contributed by atoms with van der Waals surface area (Å²) in [5.41, 5.74) is 0.468. The molecule has 0 aliphatic rings. The second-order valence-corrected chi connectivity index (χ2v) is 3.73. The van der Waals surface area contributed by atoms with Gasteiger partial charge in [-0.2, -0.15) is 0 Å². The minimum Gasteiger partial charge on any atom is -0.504 e. The van der Waals surface area contributed by atoms with Gasteiger partial charge in [-0.25, -0.2) is 4.79 Å². The van der Waals surface area contributed by atoms with Crippen molar-refractivity contribution in [3.8, 4) is 5.75 Å². The summed E-state index contributed by atoms with van der Waals surface area (Å²) in [7, 11) is 0. The molecule has 1 aromatic heterocycles. The molecule has 0 bridgehead atoms. The van der Waals surface area contributed by atoms with Crippen LogP contribution >= 0.6 is 0 Å². The van der Waals surface area contributed by atoms with Crippen LogP contribution in [0, 0.1) is 0 Å². The SMILES string of the molecule is CC(C)OC(=O)c1oc2ccccc2c1O. The van der Waals surface area contributed by atoms with Crippen LogP contribution in [-0.4, -0.2) is 17.2 Å². The molecule has 0 saturated carbocycles. The van der Waals surface area contributed by atoms with Gasteiger partial charge in [0.1, 0.15) is 5.58 Å². The van der Waals surface area contributed by atoms with E-state index in [4.69, 9.17) is 9.15 Å². The highest BCUT2D eigenvalue weighted by atomic mass is 16.6. The van der Waals surface area contributed by atoms with Crippen LogP contribution in [0.4, 0.5) is 0 Å². The molecule has 0 aliphatic carbocycles. The van der Waals surface area contributed by atoms with Crippen LogP contribution in [0.2, 0.25) is 0 Å². The van der Waals surface area contributed by atoms with Crippen molar-refractivity contribution in [2.75, 3.05) is 0 Å². The van der Waals surface area contributed by atoms with Crippen LogP contribution in [0.3, 0.4) is 0 Å². The predicted octanol–water partition coefficient (Wildman–Crippen LogP) is 2.70. The van der Waals surface area contributed by atoms with E-state index in [-0.39, 0.29) is 17.6 Å². The lowest BCUT2D eigenvalue weighted by molar-refractivity contribution is 0.0339. The monoisotopic (exact) mass is 220 g/mol. The fourth-order valence-corrected chi connectivity index (χ4v) is 1.44. The van der Waals surface area contributed by atoms with Gasteiger partial charge in [-0.05, 0) is 26.0 Å². The standard InChI is InChI=1S/C12H12O4/c1-7(2)15-12(14)11-10(13)8-5-3-4-6-9(8)16-11/h3-7,13H,1-2H3. The second kappa shape index (κ2) is 3.89. The number of carbonyl (C=O) groups is 1. The van der Waals surface area contributed by atoms with Crippen molar-refractivity contribution in [1.82, 2.24) is 0 Å². The lowest BCUT2D eigenvalue weighted by Gasteiger charge is -2.05. The number of hydrogen-bond donors (Lipinski definition) is 1. The molecule has 2 rings (SSSR count). The highest BCUT2D eigenvalue weighted by molar-refractivity contribution is 5.98. The Hall–Kier alpha value is -1.97. The van der Waals surface area contributed by atoms with Crippen molar-refractivity contribution >= 4 is 16.9 Å². The molecule has 0 radical (unpaired) electrons. The number of para-hydroxylation sites is 1. The normalized spacial score (nSPS) is 10.9. The Morgan fingerprint density at radius 3 is 2.69 bits per heavy atom. The van der Waals surface area contributed by atoms with Gasteiger partial charge >= 0.3 is 5.97 Å². The largest absolute Gasteiger partial charge is 0.504 e. The Kier molecular flexibility index (Phi) is 2.56. The van der Waals surface area contributed by atoms with E-state index >= 15 is 0 Å². The van der Waals surface area contributed by atoms with Gasteiger partial charge in [0.15, 0.2) is 5.75 Å². The summed E-state index contributed by atoms with van der Waals surface area (Å²) >= 11 is 0. The summed E-state index contributed by atoms with van der Waals surface area (Å²) in [6, 6.07) is 6.89. The number of esters is 1. The van der Waals surface area contributed by atoms with Gasteiger partial charge in [0, 0.05) is 0 Å². The van der Waals surface area contributed by atoms with Crippen molar-refractivity contribution in [1.29, 1.82) is 0 Å². The topological polar surface area (TPSA) is 59.7 Å². The van der Waals surface area contributed by atoms with Gasteiger partial charge in [0.05, 0.1) is 11.5 Å². The van der Waals surface area contributed by atoms with Crippen LogP contribution in [0.25, 0.3) is 11.0 Å². The molecule has 2 aromatic rings. The molecule has 0 atom stereocenters. The summed E-state index contributed by atoms with van der Waals surface area (Å²) in [5, 5.41) is 10.3. The lowest BCUT2D eigenvalue weighted by Crippen LogP contribution is -2.10. The fourth-order valence-electron chi connectivity index (χ4n) is 1.44. The zero-order chi connectivity index (χ0) is 11.7. The molecule has 0 fully saturated rings. The van der Waals surface area contributed by atoms with Gasteiger partial charge in [-0.3, -0.25) is 0 Å². The average Bonchev–Trinajstić information content (AvgIpc) is 2.56. The first-order chi connectivity index (χ1) is 7.59. The van der Waals surface area contributed by atoms with Crippen molar-refractivity contribution in [2.45, 2.75) is 20.0 Å². The first kappa shape index (κ1) is 10.5. The van der Waals surface area contributed by atoms with Gasteiger partial charge in [0.25, 0.3) is 5.76 Å². The van der Waals surface area contributed by atoms with Crippen LogP contribution < -0.4 is 0 Å². The molecule has 1 heterocycles. The first-order valence-corrected chi connectivity index (χ1v) is 5.01. The quantitative estimate of drug-likeness (QED) is 0.790. The van der Waals surface area contributed by atoms with E-state index in [0.29, 0.717) is 11.0 Å². The fraction of sp³-hybridized carbons (Fsp3) is 0.250. The zero-order valence-electron chi connectivity index (χ0n) is 9.06. The highest BCUT2D eigenvalue weighted by Gasteiger charge is 2.21. The molecule has 0 amide bonds. The second-order valence-electron chi connectivity index (χ2n) is 3.73. The van der Waals surface area contributed by atoms with Crippen LogP contribution in [0.5, 0.6) is 5.75 Å². The maximum atomic E-state index is 11.6. The van der Waals surface area contributed by atoms with E-state index in [9.17, 15) is 9.90 Å². The Bertz CT molecular complexity index is 525. The molecule has 1 aromatic carbocycles. The Balaban J connectivity index is 2.45. The van der Waals surface area contributed by atoms with Crippen LogP contribution in [0.1, 0.15) is 24.4 Å². The number of carbonyl (C=O) groups excluding carboxylic acids is 1. The number of aromatic hydroxyl groups is 1. The molecule has 0 saturated heterocycles. The maximum absolute atomic E-state index is 11.6. The smallest absolute Gasteiger partial charge is 0.378 e. The third-order valence-electron chi connectivity index (χ3n) is 2.10. The molecule has 0 aliphatic heterocycles. The zero-order valence-corrected chi connectivity index (χ0v) is 9.06. The van der Waals surface area contributed by atoms with E-state index in [2.05, 4.69) is 0 Å². The van der Waals surface area contributed by atoms with Gasteiger partial charge in [-0.1, -0.05) is 12.1 Å². The lowest BCUT2D eigenvalue weighted by atomic mass is 10.2. The summed E-state index contributed by atoms with van der Waals surface area (Å²) < 4.78 is 10.2. The van der Waals surface area contributed by atoms with Crippen molar-refractivity contribution in [3.63, 3.8) is 0 Å². The number of ether oxygens (including phenoxy) is 1. The third-order valence-corrected chi connectivity index (χ3v) is 2.10. The Morgan fingerprint density at radius 2 is 2.06 bits per heavy atom. The molecular weight excluding hydrogens is 208 g/mol. The highest BCUT2D eigenvalue weighted by Crippen LogP contribution is 2.32. The summed E-state index contributed by atoms with van der Waals surface area (Å²) in [5.74, 6) is -0.958. The van der Waals surface area contributed by atoms with Gasteiger partial charge < -0.3 is 14.3 Å². The number of hydrogen-bond acceptors (Lipinski definition) is 4. The Morgan fingerprint density at radius 1 is 1.38 bits per heavy atom. The molecule has 4 heteroatoms. The van der Waals surface area contributed by atoms with Crippen molar-refractivity contribution in [2.24, 2.45) is 0 Å². The van der Waals surface area contributed by atoms with E-state index in [1.807, 2.05) is 0 Å². The van der Waals surface area contributed by atoms with Crippen molar-refractivity contribution in [3.05, 3.63) is 30.0 Å². The number of benzene rings is 1. The molecule has 1 N–H and O–H groups in total. The van der Waals surface area contributed by atoms with Gasteiger partial charge in [-0.15, -0.1) is 0 Å². The van der Waals surface area contributed by atoms with E-state index in [0.717, 1.165) is 0 Å². The number of furan rings is 1. The van der Waals surface area contributed by atoms with E-state index < -0.39 is 5.97 Å². The minimum absolute atomic E-state index is 0.144. The summed E-state index contributed by atoms with van der Waals surface area (Å²) in [6.45, 7) is 3.47. The number of rotatable bonds is 2. The molecule has 84 valence electrons. The average molecular weight is 220 g/mol. The third kappa shape index (κ3) is 1.74. The summed E-state index contributed by atoms with van der Waals surface area (Å²) in [6.07, 6.45) is -0.250. The molecule has 0 spiro atoms. The molecular formula is C12H12O4. The summed E-state index contributed by atoms with van der Waals surface area (Å²) in [4.78, 5) is 11.6.